The smallest absolute Gasteiger partial charge is 0.181 e. The van der Waals surface area contributed by atoms with Gasteiger partial charge in [-0.3, -0.25) is 4.68 Å². The number of nitriles is 1. The van der Waals surface area contributed by atoms with E-state index in [2.05, 4.69) is 47.3 Å². The third-order valence-corrected chi connectivity index (χ3v) is 5.12. The first-order valence-corrected chi connectivity index (χ1v) is 10.00. The van der Waals surface area contributed by atoms with Gasteiger partial charge in [0.05, 0.1) is 18.2 Å². The van der Waals surface area contributed by atoms with Gasteiger partial charge in [-0.15, -0.1) is 0 Å². The molecule has 4 aromatic rings. The van der Waals surface area contributed by atoms with E-state index in [1.165, 1.54) is 5.56 Å². The molecule has 1 heterocycles. The maximum Gasteiger partial charge on any atom is 0.181 e. The second kappa shape index (κ2) is 8.62. The van der Waals surface area contributed by atoms with Gasteiger partial charge in [0, 0.05) is 24.0 Å². The third kappa shape index (κ3) is 4.08. The number of hydrogen-bond donors (Lipinski definition) is 0. The highest BCUT2D eigenvalue weighted by atomic mass is 15.3. The van der Waals surface area contributed by atoms with Crippen molar-refractivity contribution in [3.63, 3.8) is 0 Å². The molecule has 0 aliphatic rings. The first-order valence-electron chi connectivity index (χ1n) is 10.00. The van der Waals surface area contributed by atoms with Crippen molar-refractivity contribution < 1.29 is 0 Å². The largest absolute Gasteiger partial charge is 0.334 e. The normalized spacial score (nSPS) is 10.6. The van der Waals surface area contributed by atoms with Crippen LogP contribution < -0.4 is 4.90 Å². The standard InChI is InChI=1S/C25H23N5/c1-3-19-8-7-11-23(16-19)30(22-14-12-20(17-26)13-15-22)18-24-27-25(28-29(24)2)21-9-5-4-6-10-21/h4-16H,3,18H2,1-2H3. The van der Waals surface area contributed by atoms with Crippen molar-refractivity contribution in [1.29, 1.82) is 5.26 Å². The Bertz CT molecular complexity index is 1170. The lowest BCUT2D eigenvalue weighted by Crippen LogP contribution is -2.19. The molecule has 5 heteroatoms. The van der Waals surface area contributed by atoms with E-state index in [0.29, 0.717) is 12.1 Å². The molecule has 5 nitrogen and oxygen atoms in total. The maximum absolute atomic E-state index is 9.15. The quantitative estimate of drug-likeness (QED) is 0.449. The lowest BCUT2D eigenvalue weighted by molar-refractivity contribution is 0.697. The third-order valence-electron chi connectivity index (χ3n) is 5.12. The summed E-state index contributed by atoms with van der Waals surface area (Å²) in [5, 5.41) is 13.8. The zero-order chi connectivity index (χ0) is 20.9. The molecule has 0 bridgehead atoms. The van der Waals surface area contributed by atoms with Crippen molar-refractivity contribution >= 4 is 11.4 Å². The van der Waals surface area contributed by atoms with E-state index in [4.69, 9.17) is 10.2 Å². The number of anilines is 2. The Hall–Kier alpha value is -3.91. The van der Waals surface area contributed by atoms with E-state index < -0.39 is 0 Å². The van der Waals surface area contributed by atoms with E-state index >= 15 is 0 Å². The van der Waals surface area contributed by atoms with Crippen LogP contribution in [0.2, 0.25) is 0 Å². The molecule has 0 saturated heterocycles. The molecule has 0 N–H and O–H groups in total. The number of nitrogens with zero attached hydrogens (tertiary/aromatic N) is 5. The van der Waals surface area contributed by atoms with Crippen molar-refractivity contribution in [2.45, 2.75) is 19.9 Å². The van der Waals surface area contributed by atoms with Crippen molar-refractivity contribution in [1.82, 2.24) is 14.8 Å². The van der Waals surface area contributed by atoms with Crippen LogP contribution in [0.3, 0.4) is 0 Å². The SMILES string of the molecule is CCc1cccc(N(Cc2nc(-c3ccccc3)nn2C)c2ccc(C#N)cc2)c1. The minimum atomic E-state index is 0.565. The Balaban J connectivity index is 1.73. The monoisotopic (exact) mass is 393 g/mol. The van der Waals surface area contributed by atoms with Crippen LogP contribution in [0.5, 0.6) is 0 Å². The molecule has 0 spiro atoms. The maximum atomic E-state index is 9.15. The summed E-state index contributed by atoms with van der Waals surface area (Å²) in [6, 6.07) is 28.4. The highest BCUT2D eigenvalue weighted by Gasteiger charge is 2.16. The highest BCUT2D eigenvalue weighted by molar-refractivity contribution is 5.65. The average Bonchev–Trinajstić information content (AvgIpc) is 3.18. The lowest BCUT2D eigenvalue weighted by atomic mass is 10.1. The Morgan fingerprint density at radius 1 is 0.933 bits per heavy atom. The summed E-state index contributed by atoms with van der Waals surface area (Å²) in [6.45, 7) is 2.72. The predicted octanol–water partition coefficient (Wildman–Crippen LogP) is 5.25. The molecular formula is C25H23N5. The zero-order valence-electron chi connectivity index (χ0n) is 17.2. The van der Waals surface area contributed by atoms with Crippen molar-refractivity contribution in [3.05, 3.63) is 95.8 Å². The molecule has 0 amide bonds. The molecule has 0 unspecified atom stereocenters. The number of aromatic nitrogens is 3. The molecule has 4 rings (SSSR count). The van der Waals surface area contributed by atoms with Gasteiger partial charge in [-0.1, -0.05) is 49.4 Å². The molecule has 0 atom stereocenters. The molecule has 30 heavy (non-hydrogen) atoms. The molecule has 1 aromatic heterocycles. The topological polar surface area (TPSA) is 57.7 Å². The summed E-state index contributed by atoms with van der Waals surface area (Å²) >= 11 is 0. The minimum Gasteiger partial charge on any atom is -0.334 e. The molecule has 148 valence electrons. The van der Waals surface area contributed by atoms with Crippen LogP contribution in [-0.4, -0.2) is 14.8 Å². The van der Waals surface area contributed by atoms with Crippen molar-refractivity contribution in [2.24, 2.45) is 7.05 Å². The second-order valence-corrected chi connectivity index (χ2v) is 7.11. The van der Waals surface area contributed by atoms with Crippen LogP contribution in [0.1, 0.15) is 23.9 Å². The van der Waals surface area contributed by atoms with Gasteiger partial charge in [0.25, 0.3) is 0 Å². The molecule has 3 aromatic carbocycles. The van der Waals surface area contributed by atoms with Crippen molar-refractivity contribution in [3.8, 4) is 17.5 Å². The summed E-state index contributed by atoms with van der Waals surface area (Å²) in [5.74, 6) is 1.58. The van der Waals surface area contributed by atoms with Gasteiger partial charge in [0.15, 0.2) is 5.82 Å². The van der Waals surface area contributed by atoms with Gasteiger partial charge in [0.1, 0.15) is 5.82 Å². The van der Waals surface area contributed by atoms with E-state index in [1.807, 2.05) is 66.3 Å². The molecule has 0 saturated carbocycles. The van der Waals surface area contributed by atoms with Crippen LogP contribution in [0, 0.1) is 11.3 Å². The lowest BCUT2D eigenvalue weighted by Gasteiger charge is -2.25. The molecule has 0 aliphatic heterocycles. The summed E-state index contributed by atoms with van der Waals surface area (Å²) < 4.78 is 1.84. The fraction of sp³-hybridized carbons (Fsp3) is 0.160. The second-order valence-electron chi connectivity index (χ2n) is 7.11. The molecule has 0 aliphatic carbocycles. The first-order chi connectivity index (χ1) is 14.7. The van der Waals surface area contributed by atoms with Crippen LogP contribution in [0.4, 0.5) is 11.4 Å². The van der Waals surface area contributed by atoms with E-state index in [9.17, 15) is 0 Å². The van der Waals surface area contributed by atoms with Gasteiger partial charge in [0.2, 0.25) is 0 Å². The van der Waals surface area contributed by atoms with Gasteiger partial charge < -0.3 is 4.90 Å². The van der Waals surface area contributed by atoms with Gasteiger partial charge >= 0.3 is 0 Å². The van der Waals surface area contributed by atoms with Gasteiger partial charge in [-0.25, -0.2) is 4.98 Å². The highest BCUT2D eigenvalue weighted by Crippen LogP contribution is 2.29. The first kappa shape index (κ1) is 19.4. The molecular weight excluding hydrogens is 370 g/mol. The summed E-state index contributed by atoms with van der Waals surface area (Å²) in [6.07, 6.45) is 0.969. The van der Waals surface area contributed by atoms with Crippen molar-refractivity contribution in [2.75, 3.05) is 4.90 Å². The number of hydrogen-bond acceptors (Lipinski definition) is 4. The number of rotatable bonds is 6. The van der Waals surface area contributed by atoms with Crippen LogP contribution in [0.15, 0.2) is 78.9 Å². The number of aryl methyl sites for hydroxylation is 2. The fourth-order valence-corrected chi connectivity index (χ4v) is 3.40. The summed E-state index contributed by atoms with van der Waals surface area (Å²) in [5.41, 5.74) is 5.01. The van der Waals surface area contributed by atoms with Gasteiger partial charge in [-0.2, -0.15) is 10.4 Å². The Morgan fingerprint density at radius 3 is 2.40 bits per heavy atom. The summed E-state index contributed by atoms with van der Waals surface area (Å²) in [7, 11) is 1.92. The minimum absolute atomic E-state index is 0.565. The van der Waals surface area contributed by atoms with Gasteiger partial charge in [-0.05, 0) is 48.4 Å². The average molecular weight is 393 g/mol. The van der Waals surface area contributed by atoms with E-state index in [-0.39, 0.29) is 0 Å². The van der Waals surface area contributed by atoms with E-state index in [1.54, 1.807) is 0 Å². The molecule has 0 radical (unpaired) electrons. The van der Waals surface area contributed by atoms with Crippen LogP contribution in [-0.2, 0) is 20.0 Å². The Morgan fingerprint density at radius 2 is 1.70 bits per heavy atom. The summed E-state index contributed by atoms with van der Waals surface area (Å²) in [4.78, 5) is 7.01. The molecule has 0 fully saturated rings. The number of benzene rings is 3. The van der Waals surface area contributed by atoms with E-state index in [0.717, 1.165) is 35.0 Å². The predicted molar refractivity (Wildman–Crippen MR) is 119 cm³/mol. The van der Waals surface area contributed by atoms with Crippen LogP contribution in [0.25, 0.3) is 11.4 Å². The Labute approximate surface area is 176 Å². The Kier molecular flexibility index (Phi) is 5.58. The zero-order valence-corrected chi connectivity index (χ0v) is 17.2. The fourth-order valence-electron chi connectivity index (χ4n) is 3.40. The van der Waals surface area contributed by atoms with Crippen LogP contribution >= 0.6 is 0 Å².